The highest BCUT2D eigenvalue weighted by Gasteiger charge is 2.05. The fourth-order valence-electron chi connectivity index (χ4n) is 1.17. The van der Waals surface area contributed by atoms with Crippen LogP contribution in [0.2, 0.25) is 10.0 Å². The molecule has 0 unspecified atom stereocenters. The molecule has 1 aromatic carbocycles. The lowest BCUT2D eigenvalue weighted by Crippen LogP contribution is -1.89. The molecular formula is C10H5Cl2FN2. The van der Waals surface area contributed by atoms with Gasteiger partial charge in [0.05, 0.1) is 0 Å². The SMILES string of the molecule is Fc1ncc(-c2ccc(Cl)cc2Cl)cn1. The molecule has 2 rings (SSSR count). The van der Waals surface area contributed by atoms with Crippen molar-refractivity contribution < 1.29 is 4.39 Å². The molecule has 0 saturated carbocycles. The summed E-state index contributed by atoms with van der Waals surface area (Å²) >= 11 is 11.7. The van der Waals surface area contributed by atoms with Crippen molar-refractivity contribution in [3.05, 3.63) is 46.7 Å². The van der Waals surface area contributed by atoms with E-state index in [2.05, 4.69) is 9.97 Å². The predicted octanol–water partition coefficient (Wildman–Crippen LogP) is 3.59. The van der Waals surface area contributed by atoms with Gasteiger partial charge in [0.1, 0.15) is 0 Å². The first kappa shape index (κ1) is 10.3. The van der Waals surface area contributed by atoms with Gasteiger partial charge in [-0.05, 0) is 12.1 Å². The molecule has 0 atom stereocenters. The maximum absolute atomic E-state index is 12.5. The Morgan fingerprint density at radius 2 is 1.73 bits per heavy atom. The molecule has 0 saturated heterocycles. The topological polar surface area (TPSA) is 25.8 Å². The van der Waals surface area contributed by atoms with Gasteiger partial charge >= 0.3 is 6.08 Å². The van der Waals surface area contributed by atoms with Crippen LogP contribution in [0.15, 0.2) is 30.6 Å². The van der Waals surface area contributed by atoms with Crippen molar-refractivity contribution >= 4 is 23.2 Å². The van der Waals surface area contributed by atoms with E-state index in [1.165, 1.54) is 12.4 Å². The molecule has 0 radical (unpaired) electrons. The number of aromatic nitrogens is 2. The predicted molar refractivity (Wildman–Crippen MR) is 57.4 cm³/mol. The molecule has 0 bridgehead atoms. The smallest absolute Gasteiger partial charge is 0.210 e. The number of nitrogens with zero attached hydrogens (tertiary/aromatic N) is 2. The second-order valence-corrected chi connectivity index (χ2v) is 3.71. The number of hydrogen-bond acceptors (Lipinski definition) is 2. The first-order valence-corrected chi connectivity index (χ1v) is 4.85. The Morgan fingerprint density at radius 3 is 2.33 bits per heavy atom. The fraction of sp³-hybridized carbons (Fsp3) is 0. The monoisotopic (exact) mass is 242 g/mol. The molecule has 0 fully saturated rings. The third-order valence-corrected chi connectivity index (χ3v) is 2.41. The second kappa shape index (κ2) is 4.13. The highest BCUT2D eigenvalue weighted by atomic mass is 35.5. The maximum atomic E-state index is 12.5. The largest absolute Gasteiger partial charge is 0.308 e. The quantitative estimate of drug-likeness (QED) is 0.715. The zero-order chi connectivity index (χ0) is 10.8. The first-order valence-electron chi connectivity index (χ1n) is 4.10. The summed E-state index contributed by atoms with van der Waals surface area (Å²) in [6, 6.07) is 5.05. The number of rotatable bonds is 1. The van der Waals surface area contributed by atoms with Gasteiger partial charge in [-0.3, -0.25) is 0 Å². The fourth-order valence-corrected chi connectivity index (χ4v) is 1.69. The van der Waals surface area contributed by atoms with E-state index >= 15 is 0 Å². The summed E-state index contributed by atoms with van der Waals surface area (Å²) in [6.07, 6.45) is 1.98. The van der Waals surface area contributed by atoms with Gasteiger partial charge in [-0.15, -0.1) is 0 Å². The van der Waals surface area contributed by atoms with E-state index in [4.69, 9.17) is 23.2 Å². The van der Waals surface area contributed by atoms with E-state index in [0.717, 1.165) is 5.56 Å². The van der Waals surface area contributed by atoms with Crippen molar-refractivity contribution in [2.75, 3.05) is 0 Å². The Bertz CT molecular complexity index is 485. The molecule has 0 spiro atoms. The second-order valence-electron chi connectivity index (χ2n) is 2.86. The van der Waals surface area contributed by atoms with E-state index in [9.17, 15) is 4.39 Å². The normalized spacial score (nSPS) is 10.3. The van der Waals surface area contributed by atoms with Gasteiger partial charge < -0.3 is 0 Å². The Kier molecular flexibility index (Phi) is 2.84. The summed E-state index contributed by atoms with van der Waals surface area (Å²) in [4.78, 5) is 6.90. The molecule has 2 nitrogen and oxygen atoms in total. The van der Waals surface area contributed by atoms with E-state index < -0.39 is 6.08 Å². The van der Waals surface area contributed by atoms with Crippen molar-refractivity contribution in [3.63, 3.8) is 0 Å². The summed E-state index contributed by atoms with van der Waals surface area (Å²) in [7, 11) is 0. The number of benzene rings is 1. The van der Waals surface area contributed by atoms with Gasteiger partial charge in [-0.25, -0.2) is 9.97 Å². The molecule has 1 aromatic heterocycles. The van der Waals surface area contributed by atoms with Crippen molar-refractivity contribution in [2.24, 2.45) is 0 Å². The van der Waals surface area contributed by atoms with Crippen LogP contribution in [0.5, 0.6) is 0 Å². The molecule has 76 valence electrons. The highest BCUT2D eigenvalue weighted by molar-refractivity contribution is 6.36. The Morgan fingerprint density at radius 1 is 1.07 bits per heavy atom. The molecule has 0 amide bonds. The van der Waals surface area contributed by atoms with Gasteiger partial charge in [-0.1, -0.05) is 29.3 Å². The average Bonchev–Trinajstić information content (AvgIpc) is 2.20. The van der Waals surface area contributed by atoms with Crippen LogP contribution in [0.4, 0.5) is 4.39 Å². The van der Waals surface area contributed by atoms with Gasteiger partial charge in [0.15, 0.2) is 0 Å². The summed E-state index contributed by atoms with van der Waals surface area (Å²) in [5, 5.41) is 1.03. The van der Waals surface area contributed by atoms with E-state index in [-0.39, 0.29) is 0 Å². The van der Waals surface area contributed by atoms with E-state index in [1.807, 2.05) is 0 Å². The van der Waals surface area contributed by atoms with Crippen LogP contribution in [0.3, 0.4) is 0 Å². The molecule has 0 aliphatic heterocycles. The van der Waals surface area contributed by atoms with E-state index in [1.54, 1.807) is 18.2 Å². The number of hydrogen-bond donors (Lipinski definition) is 0. The van der Waals surface area contributed by atoms with Gasteiger partial charge in [0.25, 0.3) is 0 Å². The third kappa shape index (κ3) is 2.25. The van der Waals surface area contributed by atoms with Crippen LogP contribution in [-0.4, -0.2) is 9.97 Å². The van der Waals surface area contributed by atoms with Crippen LogP contribution in [0, 0.1) is 6.08 Å². The zero-order valence-electron chi connectivity index (χ0n) is 7.42. The lowest BCUT2D eigenvalue weighted by Gasteiger charge is -2.03. The van der Waals surface area contributed by atoms with Crippen LogP contribution >= 0.6 is 23.2 Å². The summed E-state index contributed by atoms with van der Waals surface area (Å²) in [5.41, 5.74) is 1.37. The lowest BCUT2D eigenvalue weighted by atomic mass is 10.1. The highest BCUT2D eigenvalue weighted by Crippen LogP contribution is 2.29. The van der Waals surface area contributed by atoms with Crippen LogP contribution in [0.1, 0.15) is 0 Å². The van der Waals surface area contributed by atoms with Crippen LogP contribution in [-0.2, 0) is 0 Å². The summed E-state index contributed by atoms with van der Waals surface area (Å²) < 4.78 is 12.5. The van der Waals surface area contributed by atoms with Crippen molar-refractivity contribution in [1.82, 2.24) is 9.97 Å². The van der Waals surface area contributed by atoms with E-state index in [0.29, 0.717) is 15.6 Å². The number of halogens is 3. The molecule has 15 heavy (non-hydrogen) atoms. The van der Waals surface area contributed by atoms with Crippen molar-refractivity contribution in [1.29, 1.82) is 0 Å². The van der Waals surface area contributed by atoms with Crippen LogP contribution < -0.4 is 0 Å². The molecule has 0 aliphatic carbocycles. The molecular weight excluding hydrogens is 238 g/mol. The molecule has 5 heteroatoms. The minimum atomic E-state index is -0.760. The van der Waals surface area contributed by atoms with Gasteiger partial charge in [0, 0.05) is 33.6 Å². The summed E-state index contributed by atoms with van der Waals surface area (Å²) in [6.45, 7) is 0. The zero-order valence-corrected chi connectivity index (χ0v) is 8.93. The average molecular weight is 243 g/mol. The Hall–Kier alpha value is -1.19. The lowest BCUT2D eigenvalue weighted by molar-refractivity contribution is 0.539. The standard InChI is InChI=1S/C10H5Cl2FN2/c11-7-1-2-8(9(12)3-7)6-4-14-10(13)15-5-6/h1-5H. The first-order chi connectivity index (χ1) is 7.16. The Labute approximate surface area is 95.7 Å². The van der Waals surface area contributed by atoms with Crippen LogP contribution in [0.25, 0.3) is 11.1 Å². The third-order valence-electron chi connectivity index (χ3n) is 1.86. The molecule has 0 N–H and O–H groups in total. The molecule has 2 aromatic rings. The molecule has 1 heterocycles. The van der Waals surface area contributed by atoms with Crippen molar-refractivity contribution in [3.8, 4) is 11.1 Å². The van der Waals surface area contributed by atoms with Gasteiger partial charge in [0.2, 0.25) is 0 Å². The molecule has 0 aliphatic rings. The summed E-state index contributed by atoms with van der Waals surface area (Å²) in [5.74, 6) is 0. The maximum Gasteiger partial charge on any atom is 0.308 e. The van der Waals surface area contributed by atoms with Crippen molar-refractivity contribution in [2.45, 2.75) is 0 Å². The van der Waals surface area contributed by atoms with Gasteiger partial charge in [-0.2, -0.15) is 4.39 Å². The minimum absolute atomic E-state index is 0.484. The Balaban J connectivity index is 2.49. The minimum Gasteiger partial charge on any atom is -0.210 e.